The van der Waals surface area contributed by atoms with Crippen LogP contribution in [-0.2, 0) is 6.42 Å². The average Bonchev–Trinajstić information content (AvgIpc) is 2.53. The first kappa shape index (κ1) is 7.36. The lowest BCUT2D eigenvalue weighted by Gasteiger charge is -1.96. The maximum atomic E-state index is 10.5. The second-order valence-electron chi connectivity index (χ2n) is 2.98. The van der Waals surface area contributed by atoms with Gasteiger partial charge in [-0.1, -0.05) is 0 Å². The molecule has 1 aromatic heterocycles. The van der Waals surface area contributed by atoms with Crippen molar-refractivity contribution in [2.45, 2.75) is 18.9 Å². The lowest BCUT2D eigenvalue weighted by molar-refractivity contribution is 0.0691. The average molecular weight is 167 g/mol. The maximum Gasteiger partial charge on any atom is 0.352 e. The van der Waals surface area contributed by atoms with Gasteiger partial charge in [0, 0.05) is 11.3 Å². The Morgan fingerprint density at radius 3 is 3.00 bits per heavy atom. The fourth-order valence-corrected chi connectivity index (χ4v) is 1.57. The zero-order valence-corrected chi connectivity index (χ0v) is 6.37. The Morgan fingerprint density at radius 1 is 1.67 bits per heavy atom. The van der Waals surface area contributed by atoms with Gasteiger partial charge in [-0.05, 0) is 18.9 Å². The fraction of sp³-hybridized carbons (Fsp3) is 0.375. The highest BCUT2D eigenvalue weighted by Gasteiger charge is 2.24. The quantitative estimate of drug-likeness (QED) is 0.576. The number of aromatic amines is 1. The van der Waals surface area contributed by atoms with Crippen LogP contribution in [0.15, 0.2) is 6.07 Å². The molecule has 0 spiro atoms. The molecule has 0 radical (unpaired) electrons. The van der Waals surface area contributed by atoms with Crippen molar-refractivity contribution in [3.8, 4) is 0 Å². The number of carbonyl (C=O) groups is 1. The van der Waals surface area contributed by atoms with Crippen LogP contribution in [-0.4, -0.2) is 21.2 Å². The first-order valence-corrected chi connectivity index (χ1v) is 3.81. The van der Waals surface area contributed by atoms with E-state index >= 15 is 0 Å². The van der Waals surface area contributed by atoms with Gasteiger partial charge in [-0.2, -0.15) is 0 Å². The number of hydrogen-bond acceptors (Lipinski definition) is 2. The first-order valence-electron chi connectivity index (χ1n) is 3.81. The van der Waals surface area contributed by atoms with E-state index in [9.17, 15) is 9.90 Å². The van der Waals surface area contributed by atoms with E-state index in [0.29, 0.717) is 6.42 Å². The molecule has 1 aliphatic rings. The van der Waals surface area contributed by atoms with E-state index in [2.05, 4.69) is 4.98 Å². The number of nitrogens with one attached hydrogen (secondary N) is 1. The second kappa shape index (κ2) is 2.35. The summed E-state index contributed by atoms with van der Waals surface area (Å²) in [7, 11) is 0. The number of aliphatic hydroxyl groups excluding tert-OH is 1. The highest BCUT2D eigenvalue weighted by Crippen LogP contribution is 2.30. The van der Waals surface area contributed by atoms with Crippen LogP contribution in [0.25, 0.3) is 0 Å². The molecule has 1 atom stereocenters. The number of aromatic nitrogens is 1. The number of carboxylic acids is 1. The Bertz CT molecular complexity index is 329. The van der Waals surface area contributed by atoms with Crippen molar-refractivity contribution in [1.29, 1.82) is 0 Å². The van der Waals surface area contributed by atoms with Gasteiger partial charge >= 0.3 is 5.97 Å². The molecule has 0 bridgehead atoms. The molecule has 0 saturated carbocycles. The van der Waals surface area contributed by atoms with E-state index in [4.69, 9.17) is 5.11 Å². The summed E-state index contributed by atoms with van der Waals surface area (Å²) in [5.74, 6) is -0.975. The minimum atomic E-state index is -0.975. The van der Waals surface area contributed by atoms with E-state index in [1.807, 2.05) is 0 Å². The van der Waals surface area contributed by atoms with Gasteiger partial charge in [0.25, 0.3) is 0 Å². The minimum absolute atomic E-state index is 0.166. The fourth-order valence-electron chi connectivity index (χ4n) is 1.57. The summed E-state index contributed by atoms with van der Waals surface area (Å²) in [6.07, 6.45) is 0.953. The number of aliphatic hydroxyl groups is 1. The van der Waals surface area contributed by atoms with Crippen LogP contribution in [0.4, 0.5) is 0 Å². The molecule has 64 valence electrons. The Labute approximate surface area is 68.8 Å². The smallest absolute Gasteiger partial charge is 0.352 e. The molecule has 0 fully saturated rings. The van der Waals surface area contributed by atoms with Crippen molar-refractivity contribution in [1.82, 2.24) is 4.98 Å². The van der Waals surface area contributed by atoms with Crippen molar-refractivity contribution >= 4 is 5.97 Å². The van der Waals surface area contributed by atoms with E-state index in [0.717, 1.165) is 17.7 Å². The van der Waals surface area contributed by atoms with Crippen molar-refractivity contribution in [2.24, 2.45) is 0 Å². The summed E-state index contributed by atoms with van der Waals surface area (Å²) in [6, 6.07) is 1.51. The Kier molecular flexibility index (Phi) is 1.44. The van der Waals surface area contributed by atoms with Crippen molar-refractivity contribution in [2.75, 3.05) is 0 Å². The van der Waals surface area contributed by atoms with Crippen LogP contribution in [0, 0.1) is 0 Å². The summed E-state index contributed by atoms with van der Waals surface area (Å²) >= 11 is 0. The molecule has 12 heavy (non-hydrogen) atoms. The van der Waals surface area contributed by atoms with Gasteiger partial charge in [-0.3, -0.25) is 0 Å². The normalized spacial score (nSPS) is 20.9. The van der Waals surface area contributed by atoms with Crippen LogP contribution in [0.2, 0.25) is 0 Å². The first-order chi connectivity index (χ1) is 5.68. The third-order valence-electron chi connectivity index (χ3n) is 2.19. The SMILES string of the molecule is O=C(O)c1cc2c([nH]1)CC[C@@H]2O. The lowest BCUT2D eigenvalue weighted by atomic mass is 10.2. The van der Waals surface area contributed by atoms with Crippen LogP contribution in [0.5, 0.6) is 0 Å². The zero-order valence-electron chi connectivity index (χ0n) is 6.37. The Morgan fingerprint density at radius 2 is 2.42 bits per heavy atom. The van der Waals surface area contributed by atoms with Crippen LogP contribution >= 0.6 is 0 Å². The number of aromatic carboxylic acids is 1. The molecule has 4 nitrogen and oxygen atoms in total. The Hall–Kier alpha value is -1.29. The Balaban J connectivity index is 2.43. The molecule has 0 aliphatic heterocycles. The highest BCUT2D eigenvalue weighted by atomic mass is 16.4. The third kappa shape index (κ3) is 0.921. The number of aryl methyl sites for hydroxylation is 1. The van der Waals surface area contributed by atoms with Crippen molar-refractivity contribution < 1.29 is 15.0 Å². The van der Waals surface area contributed by atoms with Gasteiger partial charge in [0.2, 0.25) is 0 Å². The van der Waals surface area contributed by atoms with Gasteiger partial charge < -0.3 is 15.2 Å². The summed E-state index contributed by atoms with van der Waals surface area (Å²) in [5, 5.41) is 18.0. The highest BCUT2D eigenvalue weighted by molar-refractivity contribution is 5.86. The topological polar surface area (TPSA) is 73.3 Å². The van der Waals surface area contributed by atoms with E-state index < -0.39 is 12.1 Å². The molecule has 3 N–H and O–H groups in total. The van der Waals surface area contributed by atoms with Gasteiger partial charge in [-0.25, -0.2) is 4.79 Å². The van der Waals surface area contributed by atoms with Crippen LogP contribution < -0.4 is 0 Å². The molecule has 0 unspecified atom stereocenters. The zero-order chi connectivity index (χ0) is 8.72. The monoisotopic (exact) mass is 167 g/mol. The third-order valence-corrected chi connectivity index (χ3v) is 2.19. The second-order valence-corrected chi connectivity index (χ2v) is 2.98. The molecule has 1 heterocycles. The molecule has 2 rings (SSSR count). The number of H-pyrrole nitrogens is 1. The van der Waals surface area contributed by atoms with Crippen LogP contribution in [0.3, 0.4) is 0 Å². The van der Waals surface area contributed by atoms with Gasteiger partial charge in [-0.15, -0.1) is 0 Å². The summed E-state index contributed by atoms with van der Waals surface area (Å²) < 4.78 is 0. The predicted molar refractivity (Wildman–Crippen MR) is 41.0 cm³/mol. The molecular formula is C8H9NO3. The lowest BCUT2D eigenvalue weighted by Crippen LogP contribution is -1.97. The van der Waals surface area contributed by atoms with Gasteiger partial charge in [0.1, 0.15) is 5.69 Å². The van der Waals surface area contributed by atoms with Gasteiger partial charge in [0.05, 0.1) is 6.10 Å². The number of hydrogen-bond donors (Lipinski definition) is 3. The molecule has 0 amide bonds. The number of rotatable bonds is 1. The molecule has 1 aliphatic carbocycles. The molecule has 0 aromatic carbocycles. The van der Waals surface area contributed by atoms with Crippen LogP contribution in [0.1, 0.15) is 34.3 Å². The summed E-state index contributed by atoms with van der Waals surface area (Å²) in [5.41, 5.74) is 1.77. The largest absolute Gasteiger partial charge is 0.477 e. The number of fused-ring (bicyclic) bond motifs is 1. The van der Waals surface area contributed by atoms with Crippen molar-refractivity contribution in [3.63, 3.8) is 0 Å². The molecule has 0 saturated heterocycles. The molecular weight excluding hydrogens is 158 g/mol. The number of carboxylic acid groups (broad SMARTS) is 1. The van der Waals surface area contributed by atoms with E-state index in [-0.39, 0.29) is 5.69 Å². The molecule has 4 heteroatoms. The van der Waals surface area contributed by atoms with Gasteiger partial charge in [0.15, 0.2) is 0 Å². The van der Waals surface area contributed by atoms with E-state index in [1.165, 1.54) is 6.07 Å². The van der Waals surface area contributed by atoms with E-state index in [1.54, 1.807) is 0 Å². The standard InChI is InChI=1S/C8H9NO3/c10-7-2-1-5-4(7)3-6(9-5)8(11)12/h3,7,9-10H,1-2H2,(H,11,12)/t7-/m0/s1. The maximum absolute atomic E-state index is 10.5. The predicted octanol–water partition coefficient (Wildman–Crippen LogP) is 0.692. The summed E-state index contributed by atoms with van der Waals surface area (Å²) in [4.78, 5) is 13.3. The summed E-state index contributed by atoms with van der Waals surface area (Å²) in [6.45, 7) is 0. The van der Waals surface area contributed by atoms with Crippen molar-refractivity contribution in [3.05, 3.63) is 23.0 Å². The minimum Gasteiger partial charge on any atom is -0.477 e. The molecule has 1 aromatic rings.